The summed E-state index contributed by atoms with van der Waals surface area (Å²) in [6.45, 7) is 17.8. The lowest BCUT2D eigenvalue weighted by Gasteiger charge is -2.32. The number of carbonyl (C=O) groups is 6. The molecule has 0 aromatic carbocycles. The van der Waals surface area contributed by atoms with Crippen LogP contribution in [0.1, 0.15) is 183 Å². The van der Waals surface area contributed by atoms with Gasteiger partial charge in [0, 0.05) is 54.9 Å². The standard InChI is InChI=1S/C15H18N2O3.C14H23BO3.C14H18N2O4.C7H7ClN2O2.CH4/c1-3-20-15(19)13-8-16-14(17-9-13)12-6-4-11(5-7-12)10(2)18;1-10(16)11-6-8-12(9-7-11)15-17-13(2,3)14(4,5)18-15;1-2-20-14(19)11-7-15-12(16-8-11)9-3-5-10(6-4-9)13(17)18;1-2-12-6(11)5-3-9-7(8)10-4-5;/h6,8-9,11H,3-5,7H2,1-2H3;8,11H,6-7,9H2,1-5H3;7-10H,2-6H2,1H3,(H,17,18);3-4H,2H2,1H3;1H4. The Hall–Kier alpha value is -5.79. The molecule has 1 saturated carbocycles. The topological polar surface area (TPSA) is 246 Å². The van der Waals surface area contributed by atoms with E-state index in [9.17, 15) is 28.8 Å². The molecule has 7 rings (SSSR count). The quantitative estimate of drug-likeness (QED) is 0.0768. The van der Waals surface area contributed by atoms with Crippen LogP contribution >= 0.6 is 11.6 Å². The summed E-state index contributed by atoms with van der Waals surface area (Å²) < 4.78 is 26.5. The van der Waals surface area contributed by atoms with Gasteiger partial charge in [0.1, 0.15) is 17.4 Å². The second kappa shape index (κ2) is 28.3. The minimum absolute atomic E-state index is 0. The largest absolute Gasteiger partial charge is 0.490 e. The van der Waals surface area contributed by atoms with Crippen LogP contribution in [0.4, 0.5) is 0 Å². The molecule has 3 aromatic rings. The fourth-order valence-electron chi connectivity index (χ4n) is 7.75. The van der Waals surface area contributed by atoms with E-state index < -0.39 is 23.9 Å². The van der Waals surface area contributed by atoms with E-state index in [1.54, 1.807) is 34.6 Å². The minimum atomic E-state index is -0.720. The molecule has 4 aliphatic rings. The number of ketones is 2. The normalized spacial score (nSPS) is 20.7. The van der Waals surface area contributed by atoms with Crippen molar-refractivity contribution in [2.75, 3.05) is 19.8 Å². The highest BCUT2D eigenvalue weighted by Crippen LogP contribution is 2.41. The van der Waals surface area contributed by atoms with Gasteiger partial charge in [0.05, 0.1) is 53.6 Å². The summed E-state index contributed by atoms with van der Waals surface area (Å²) in [5, 5.41) is 9.07. The van der Waals surface area contributed by atoms with E-state index in [4.69, 9.17) is 40.2 Å². The van der Waals surface area contributed by atoms with E-state index in [0.717, 1.165) is 56.9 Å². The smallest absolute Gasteiger partial charge is 0.481 e. The van der Waals surface area contributed by atoms with Gasteiger partial charge in [0.25, 0.3) is 0 Å². The minimum Gasteiger partial charge on any atom is -0.481 e. The van der Waals surface area contributed by atoms with Crippen molar-refractivity contribution in [3.63, 3.8) is 0 Å². The molecule has 386 valence electrons. The molecule has 2 unspecified atom stereocenters. The molecule has 2 fully saturated rings. The Balaban J connectivity index is 0.000000253. The lowest BCUT2D eigenvalue weighted by molar-refractivity contribution is -0.142. The Morgan fingerprint density at radius 2 is 1.03 bits per heavy atom. The summed E-state index contributed by atoms with van der Waals surface area (Å²) in [5.41, 5.74) is 2.68. The van der Waals surface area contributed by atoms with Crippen LogP contribution in [0, 0.1) is 17.8 Å². The Bertz CT molecular complexity index is 2300. The monoisotopic (exact) mass is 1000 g/mol. The zero-order valence-electron chi connectivity index (χ0n) is 41.7. The van der Waals surface area contributed by atoms with Gasteiger partial charge in [-0.05, 0) is 149 Å². The molecule has 71 heavy (non-hydrogen) atoms. The third-order valence-electron chi connectivity index (χ3n) is 12.8. The Morgan fingerprint density at radius 3 is 1.39 bits per heavy atom. The molecule has 20 heteroatoms. The van der Waals surface area contributed by atoms with E-state index in [1.165, 1.54) is 42.7 Å². The Kier molecular flexibility index (Phi) is 23.7. The van der Waals surface area contributed by atoms with E-state index >= 15 is 0 Å². The van der Waals surface area contributed by atoms with Gasteiger partial charge in [0.2, 0.25) is 5.28 Å². The number of hydrogen-bond acceptors (Lipinski definition) is 17. The maximum absolute atomic E-state index is 11.5. The molecule has 18 nitrogen and oxygen atoms in total. The molecule has 1 N–H and O–H groups in total. The molecule has 0 amide bonds. The van der Waals surface area contributed by atoms with Crippen molar-refractivity contribution in [1.82, 2.24) is 29.9 Å². The van der Waals surface area contributed by atoms with Gasteiger partial charge in [-0.2, -0.15) is 0 Å². The molecule has 4 heterocycles. The van der Waals surface area contributed by atoms with Crippen LogP contribution in [0.2, 0.25) is 5.28 Å². The molecule has 1 saturated heterocycles. The molecular formula is C51H70BClN6O12. The van der Waals surface area contributed by atoms with Gasteiger partial charge in [-0.3, -0.25) is 14.4 Å². The van der Waals surface area contributed by atoms with Crippen LogP contribution < -0.4 is 0 Å². The lowest BCUT2D eigenvalue weighted by atomic mass is 9.70. The highest BCUT2D eigenvalue weighted by molar-refractivity contribution is 6.54. The summed E-state index contributed by atoms with van der Waals surface area (Å²) in [6, 6.07) is 0. The van der Waals surface area contributed by atoms with Crippen LogP contribution in [-0.2, 0) is 37.9 Å². The first-order chi connectivity index (χ1) is 33.2. The van der Waals surface area contributed by atoms with Crippen molar-refractivity contribution in [1.29, 1.82) is 0 Å². The zero-order chi connectivity index (χ0) is 51.6. The molecule has 0 spiro atoms. The number of allylic oxidation sites excluding steroid dienone is 4. The van der Waals surface area contributed by atoms with Crippen LogP contribution in [0.5, 0.6) is 0 Å². The predicted molar refractivity (Wildman–Crippen MR) is 266 cm³/mol. The molecule has 0 radical (unpaired) electrons. The fourth-order valence-corrected chi connectivity index (χ4v) is 7.85. The van der Waals surface area contributed by atoms with Gasteiger partial charge < -0.3 is 28.6 Å². The third-order valence-corrected chi connectivity index (χ3v) is 13.0. The van der Waals surface area contributed by atoms with Crippen molar-refractivity contribution < 1.29 is 57.4 Å². The molecule has 0 bridgehead atoms. The number of aliphatic carboxylic acids is 1. The van der Waals surface area contributed by atoms with Crippen molar-refractivity contribution in [2.45, 2.75) is 151 Å². The number of carbonyl (C=O) groups excluding carboxylic acids is 5. The summed E-state index contributed by atoms with van der Waals surface area (Å²) in [4.78, 5) is 91.7. The van der Waals surface area contributed by atoms with Crippen LogP contribution in [-0.4, -0.2) is 109 Å². The van der Waals surface area contributed by atoms with Gasteiger partial charge in [-0.1, -0.05) is 19.6 Å². The summed E-state index contributed by atoms with van der Waals surface area (Å²) in [5.74, 6) is 0.0961. The van der Waals surface area contributed by atoms with Crippen LogP contribution in [0.25, 0.3) is 5.57 Å². The van der Waals surface area contributed by atoms with E-state index in [-0.39, 0.29) is 60.5 Å². The summed E-state index contributed by atoms with van der Waals surface area (Å²) in [6.07, 6.45) is 20.6. The number of carboxylic acids is 1. The zero-order valence-corrected chi connectivity index (χ0v) is 42.5. The van der Waals surface area contributed by atoms with Gasteiger partial charge in [-0.25, -0.2) is 44.3 Å². The van der Waals surface area contributed by atoms with Crippen LogP contribution in [0.15, 0.2) is 54.8 Å². The summed E-state index contributed by atoms with van der Waals surface area (Å²) in [7, 11) is -0.233. The van der Waals surface area contributed by atoms with Crippen molar-refractivity contribution >= 4 is 59.7 Å². The predicted octanol–water partition coefficient (Wildman–Crippen LogP) is 9.31. The maximum atomic E-state index is 11.5. The molecule has 1 aliphatic heterocycles. The van der Waals surface area contributed by atoms with E-state index in [0.29, 0.717) is 66.8 Å². The number of hydrogen-bond donors (Lipinski definition) is 1. The van der Waals surface area contributed by atoms with Gasteiger partial charge in [-0.15, -0.1) is 0 Å². The first-order valence-electron chi connectivity index (χ1n) is 23.8. The highest BCUT2D eigenvalue weighted by atomic mass is 35.5. The van der Waals surface area contributed by atoms with Gasteiger partial charge >= 0.3 is 31.0 Å². The number of halogens is 1. The molecular weight excluding hydrogens is 935 g/mol. The summed E-state index contributed by atoms with van der Waals surface area (Å²) >= 11 is 5.42. The van der Waals surface area contributed by atoms with Crippen molar-refractivity contribution in [3.05, 3.63) is 88.4 Å². The first kappa shape index (κ1) is 59.5. The molecule has 2 atom stereocenters. The van der Waals surface area contributed by atoms with E-state index in [2.05, 4.69) is 63.7 Å². The number of rotatable bonds is 12. The number of ether oxygens (including phenoxy) is 3. The number of carboxylic acid groups (broad SMARTS) is 1. The Morgan fingerprint density at radius 1 is 0.620 bits per heavy atom. The van der Waals surface area contributed by atoms with Crippen molar-refractivity contribution in [3.8, 4) is 0 Å². The lowest BCUT2D eigenvalue weighted by Crippen LogP contribution is -2.41. The fraction of sp³-hybridized carbons (Fsp3) is 0.569. The third kappa shape index (κ3) is 17.8. The number of Topliss-reactive ketones (excluding diaryl/α,β-unsaturated/α-hetero) is 2. The molecule has 3 aliphatic carbocycles. The number of esters is 3. The SMILES string of the molecule is C.CC(=O)C1CC=C(B2OC(C)(C)C(C)(C)O2)CC1.CCOC(=O)c1cnc(C2=CCC(C(C)=O)CC2)nc1.CCOC(=O)c1cnc(C2CCC(C(=O)O)CC2)nc1.CCOC(=O)c1cnc(Cl)nc1. The second-order valence-electron chi connectivity index (χ2n) is 18.2. The number of aromatic nitrogens is 6. The average Bonchev–Trinajstić information content (AvgIpc) is 3.58. The molecule has 3 aromatic heterocycles. The van der Waals surface area contributed by atoms with E-state index in [1.807, 2.05) is 6.08 Å². The average molecular weight is 1010 g/mol. The van der Waals surface area contributed by atoms with Gasteiger partial charge in [0.15, 0.2) is 5.82 Å². The maximum Gasteiger partial charge on any atom is 0.490 e. The highest BCUT2D eigenvalue weighted by Gasteiger charge is 2.52. The Labute approximate surface area is 422 Å². The van der Waals surface area contributed by atoms with Crippen LogP contribution in [0.3, 0.4) is 0 Å². The first-order valence-corrected chi connectivity index (χ1v) is 24.2. The second-order valence-corrected chi connectivity index (χ2v) is 18.5. The number of nitrogens with zero attached hydrogens (tertiary/aromatic N) is 6. The van der Waals surface area contributed by atoms with Crippen molar-refractivity contribution in [2.24, 2.45) is 17.8 Å².